The maximum Gasteiger partial charge on any atom is 0.290 e. The van der Waals surface area contributed by atoms with Gasteiger partial charge in [0.25, 0.3) is 11.1 Å². The number of amides is 2. The van der Waals surface area contributed by atoms with Crippen molar-refractivity contribution in [3.05, 3.63) is 34.7 Å². The van der Waals surface area contributed by atoms with Gasteiger partial charge in [-0.3, -0.25) is 14.9 Å². The van der Waals surface area contributed by atoms with E-state index in [1.54, 1.807) is 6.08 Å². The first-order valence-electron chi connectivity index (χ1n) is 7.30. The fourth-order valence-electron chi connectivity index (χ4n) is 2.36. The molecule has 6 heteroatoms. The van der Waals surface area contributed by atoms with Crippen LogP contribution in [0.1, 0.15) is 24.8 Å². The van der Waals surface area contributed by atoms with E-state index in [1.165, 1.54) is 6.42 Å². The lowest BCUT2D eigenvalue weighted by Gasteiger charge is -2.22. The number of nitrogens with one attached hydrogen (secondary N) is 1. The zero-order valence-electron chi connectivity index (χ0n) is 12.0. The van der Waals surface area contributed by atoms with Gasteiger partial charge in [0.05, 0.1) is 11.0 Å². The summed E-state index contributed by atoms with van der Waals surface area (Å²) in [7, 11) is 0. The SMILES string of the molecule is O=C1NC(=O)/C(=C/c2ccc(OCC3CCCCO3)cc2)S1. The van der Waals surface area contributed by atoms with Crippen LogP contribution < -0.4 is 10.1 Å². The summed E-state index contributed by atoms with van der Waals surface area (Å²) in [5, 5.41) is 1.90. The number of rotatable bonds is 4. The van der Waals surface area contributed by atoms with Crippen molar-refractivity contribution in [1.82, 2.24) is 5.32 Å². The lowest BCUT2D eigenvalue weighted by atomic mass is 10.1. The molecule has 1 aromatic rings. The number of imide groups is 1. The van der Waals surface area contributed by atoms with E-state index in [4.69, 9.17) is 9.47 Å². The summed E-state index contributed by atoms with van der Waals surface area (Å²) in [4.78, 5) is 23.0. The van der Waals surface area contributed by atoms with E-state index in [0.717, 1.165) is 42.5 Å². The largest absolute Gasteiger partial charge is 0.491 e. The zero-order chi connectivity index (χ0) is 15.4. The average Bonchev–Trinajstić information content (AvgIpc) is 2.85. The van der Waals surface area contributed by atoms with Gasteiger partial charge in [-0.15, -0.1) is 0 Å². The summed E-state index contributed by atoms with van der Waals surface area (Å²) in [5.41, 5.74) is 0.855. The second-order valence-corrected chi connectivity index (χ2v) is 6.24. The van der Waals surface area contributed by atoms with Gasteiger partial charge in [0, 0.05) is 6.61 Å². The highest BCUT2D eigenvalue weighted by Crippen LogP contribution is 2.26. The van der Waals surface area contributed by atoms with Crippen molar-refractivity contribution in [3.8, 4) is 5.75 Å². The van der Waals surface area contributed by atoms with E-state index >= 15 is 0 Å². The van der Waals surface area contributed by atoms with Crippen LogP contribution in [-0.2, 0) is 9.53 Å². The minimum absolute atomic E-state index is 0.181. The Morgan fingerprint density at radius 3 is 2.73 bits per heavy atom. The second-order valence-electron chi connectivity index (χ2n) is 5.22. The summed E-state index contributed by atoms with van der Waals surface area (Å²) in [6.07, 6.45) is 5.25. The molecule has 1 unspecified atom stereocenters. The Balaban J connectivity index is 1.57. The molecule has 2 amide bonds. The molecule has 0 aliphatic carbocycles. The molecule has 2 heterocycles. The zero-order valence-corrected chi connectivity index (χ0v) is 12.9. The molecule has 2 aliphatic heterocycles. The fourth-order valence-corrected chi connectivity index (χ4v) is 3.04. The van der Waals surface area contributed by atoms with Crippen molar-refractivity contribution in [1.29, 1.82) is 0 Å². The third-order valence-electron chi connectivity index (χ3n) is 3.53. The molecule has 1 atom stereocenters. The van der Waals surface area contributed by atoms with Gasteiger partial charge in [0.1, 0.15) is 12.4 Å². The van der Waals surface area contributed by atoms with Crippen LogP contribution in [0, 0.1) is 0 Å². The normalized spacial score (nSPS) is 23.6. The average molecular weight is 319 g/mol. The molecule has 3 rings (SSSR count). The Bertz CT molecular complexity index is 591. The first-order chi connectivity index (χ1) is 10.7. The maximum absolute atomic E-state index is 11.5. The minimum atomic E-state index is -0.343. The standard InChI is InChI=1S/C16H17NO4S/c18-15-14(22-16(19)17-15)9-11-4-6-12(7-5-11)21-10-13-3-1-2-8-20-13/h4-7,9,13H,1-3,8,10H2,(H,17,18,19)/b14-9-. The van der Waals surface area contributed by atoms with E-state index < -0.39 is 0 Å². The van der Waals surface area contributed by atoms with Crippen LogP contribution in [0.4, 0.5) is 4.79 Å². The summed E-state index contributed by atoms with van der Waals surface area (Å²) in [5.74, 6) is 0.431. The van der Waals surface area contributed by atoms with Crippen LogP contribution in [0.5, 0.6) is 5.75 Å². The van der Waals surface area contributed by atoms with Crippen molar-refractivity contribution in [2.45, 2.75) is 25.4 Å². The number of ether oxygens (including phenoxy) is 2. The van der Waals surface area contributed by atoms with E-state index in [1.807, 2.05) is 24.3 Å². The highest BCUT2D eigenvalue weighted by Gasteiger charge is 2.24. The van der Waals surface area contributed by atoms with Gasteiger partial charge in [-0.25, -0.2) is 0 Å². The van der Waals surface area contributed by atoms with E-state index in [9.17, 15) is 9.59 Å². The molecule has 5 nitrogen and oxygen atoms in total. The van der Waals surface area contributed by atoms with Gasteiger partial charge < -0.3 is 9.47 Å². The summed E-state index contributed by atoms with van der Waals surface area (Å²) >= 11 is 0.915. The molecular weight excluding hydrogens is 302 g/mol. The predicted octanol–water partition coefficient (Wildman–Crippen LogP) is 2.96. The van der Waals surface area contributed by atoms with Crippen LogP contribution in [0.2, 0.25) is 0 Å². The van der Waals surface area contributed by atoms with E-state index in [-0.39, 0.29) is 17.3 Å². The number of hydrogen-bond donors (Lipinski definition) is 1. The molecule has 0 bridgehead atoms. The Hall–Kier alpha value is -1.79. The molecule has 2 aliphatic rings. The van der Waals surface area contributed by atoms with Crippen LogP contribution >= 0.6 is 11.8 Å². The van der Waals surface area contributed by atoms with Gasteiger partial charge in [-0.1, -0.05) is 12.1 Å². The van der Waals surface area contributed by atoms with Crippen LogP contribution in [0.15, 0.2) is 29.2 Å². The van der Waals surface area contributed by atoms with Crippen molar-refractivity contribution in [2.75, 3.05) is 13.2 Å². The number of hydrogen-bond acceptors (Lipinski definition) is 5. The fraction of sp³-hybridized carbons (Fsp3) is 0.375. The number of carbonyl (C=O) groups excluding carboxylic acids is 2. The Morgan fingerprint density at radius 2 is 2.09 bits per heavy atom. The number of carbonyl (C=O) groups is 2. The first kappa shape index (κ1) is 15.1. The monoisotopic (exact) mass is 319 g/mol. The molecule has 1 aromatic carbocycles. The first-order valence-corrected chi connectivity index (χ1v) is 8.12. The van der Waals surface area contributed by atoms with Crippen LogP contribution in [-0.4, -0.2) is 30.5 Å². The lowest BCUT2D eigenvalue weighted by molar-refractivity contribution is -0.115. The Kier molecular flexibility index (Phi) is 4.80. The molecule has 0 radical (unpaired) electrons. The smallest absolute Gasteiger partial charge is 0.290 e. The molecule has 2 saturated heterocycles. The van der Waals surface area contributed by atoms with Crippen molar-refractivity contribution in [3.63, 3.8) is 0 Å². The maximum atomic E-state index is 11.5. The highest BCUT2D eigenvalue weighted by molar-refractivity contribution is 8.18. The van der Waals surface area contributed by atoms with Crippen molar-refractivity contribution in [2.24, 2.45) is 0 Å². The van der Waals surface area contributed by atoms with Gasteiger partial charge in [-0.2, -0.15) is 0 Å². The molecule has 0 saturated carbocycles. The van der Waals surface area contributed by atoms with Crippen molar-refractivity contribution >= 4 is 29.0 Å². The van der Waals surface area contributed by atoms with E-state index in [2.05, 4.69) is 5.32 Å². The van der Waals surface area contributed by atoms with Gasteiger partial charge in [-0.05, 0) is 54.8 Å². The van der Waals surface area contributed by atoms with Gasteiger partial charge in [0.2, 0.25) is 0 Å². The van der Waals surface area contributed by atoms with E-state index in [0.29, 0.717) is 11.5 Å². The quantitative estimate of drug-likeness (QED) is 0.864. The lowest BCUT2D eigenvalue weighted by Crippen LogP contribution is -2.25. The van der Waals surface area contributed by atoms with Crippen LogP contribution in [0.25, 0.3) is 6.08 Å². The molecule has 1 N–H and O–H groups in total. The van der Waals surface area contributed by atoms with Crippen LogP contribution in [0.3, 0.4) is 0 Å². The molecule has 22 heavy (non-hydrogen) atoms. The molecule has 0 aromatic heterocycles. The summed E-state index contributed by atoms with van der Waals surface area (Å²) in [6, 6.07) is 7.44. The molecule has 0 spiro atoms. The summed E-state index contributed by atoms with van der Waals surface area (Å²) in [6.45, 7) is 1.38. The van der Waals surface area contributed by atoms with Gasteiger partial charge >= 0.3 is 0 Å². The third-order valence-corrected chi connectivity index (χ3v) is 4.34. The highest BCUT2D eigenvalue weighted by atomic mass is 32.2. The minimum Gasteiger partial charge on any atom is -0.491 e. The van der Waals surface area contributed by atoms with Gasteiger partial charge in [0.15, 0.2) is 0 Å². The third kappa shape index (κ3) is 3.90. The topological polar surface area (TPSA) is 64.6 Å². The Labute approximate surface area is 133 Å². The predicted molar refractivity (Wildman–Crippen MR) is 84.6 cm³/mol. The number of benzene rings is 1. The number of thioether (sulfide) groups is 1. The second kappa shape index (κ2) is 6.98. The Morgan fingerprint density at radius 1 is 1.27 bits per heavy atom. The van der Waals surface area contributed by atoms with Crippen molar-refractivity contribution < 1.29 is 19.1 Å². The molecule has 116 valence electrons. The summed E-state index contributed by atoms with van der Waals surface area (Å²) < 4.78 is 11.3. The molecular formula is C16H17NO4S. The molecule has 2 fully saturated rings.